The van der Waals surface area contributed by atoms with Crippen LogP contribution in [-0.4, -0.2) is 35.7 Å². The van der Waals surface area contributed by atoms with Crippen molar-refractivity contribution in [2.75, 3.05) is 13.2 Å². The molecular weight excluding hydrogens is 376 g/mol. The molecule has 0 saturated carbocycles. The summed E-state index contributed by atoms with van der Waals surface area (Å²) in [5.74, 6) is -0.823. The molecule has 0 spiro atoms. The molecule has 0 atom stereocenters. The zero-order chi connectivity index (χ0) is 20.8. The van der Waals surface area contributed by atoms with Gasteiger partial charge in [-0.25, -0.2) is 9.80 Å². The van der Waals surface area contributed by atoms with Crippen molar-refractivity contribution in [2.24, 2.45) is 5.10 Å². The predicted molar refractivity (Wildman–Crippen MR) is 115 cm³/mol. The molecule has 0 N–H and O–H groups in total. The number of hydrogen-bond donors (Lipinski definition) is 0. The Morgan fingerprint density at radius 2 is 1.53 bits per heavy atom. The second-order valence-electron chi connectivity index (χ2n) is 7.08. The fourth-order valence-electron chi connectivity index (χ4n) is 3.44. The van der Waals surface area contributed by atoms with E-state index in [0.29, 0.717) is 24.9 Å². The second kappa shape index (κ2) is 9.18. The summed E-state index contributed by atoms with van der Waals surface area (Å²) in [5.41, 5.74) is 4.31. The normalized spacial score (nSPS) is 13.1. The molecule has 3 aromatic carbocycles. The molecule has 1 aliphatic rings. The van der Waals surface area contributed by atoms with Crippen LogP contribution in [0.5, 0.6) is 0 Å². The largest absolute Gasteiger partial charge is 0.452 e. The zero-order valence-electron chi connectivity index (χ0n) is 16.5. The second-order valence-corrected chi connectivity index (χ2v) is 7.08. The lowest BCUT2D eigenvalue weighted by Crippen LogP contribution is -2.29. The first-order valence-electron chi connectivity index (χ1n) is 9.93. The minimum absolute atomic E-state index is 0.324. The van der Waals surface area contributed by atoms with Crippen LogP contribution in [0.15, 0.2) is 90.0 Å². The van der Waals surface area contributed by atoms with Gasteiger partial charge in [0.15, 0.2) is 6.61 Å². The van der Waals surface area contributed by atoms with E-state index in [2.05, 4.69) is 5.10 Å². The lowest BCUT2D eigenvalue weighted by molar-refractivity contribution is -0.134. The minimum Gasteiger partial charge on any atom is -0.452 e. The number of rotatable bonds is 6. The molecule has 0 aliphatic carbocycles. The van der Waals surface area contributed by atoms with Crippen molar-refractivity contribution in [3.8, 4) is 0 Å². The summed E-state index contributed by atoms with van der Waals surface area (Å²) in [5, 5.41) is 5.77. The first kappa shape index (κ1) is 19.6. The van der Waals surface area contributed by atoms with Gasteiger partial charge in [-0.15, -0.1) is 0 Å². The third-order valence-corrected chi connectivity index (χ3v) is 5.00. The highest BCUT2D eigenvalue weighted by molar-refractivity contribution is 6.02. The molecule has 0 saturated heterocycles. The van der Waals surface area contributed by atoms with E-state index in [1.54, 1.807) is 12.1 Å². The van der Waals surface area contributed by atoms with Gasteiger partial charge in [0.2, 0.25) is 0 Å². The van der Waals surface area contributed by atoms with Crippen LogP contribution in [0.3, 0.4) is 0 Å². The van der Waals surface area contributed by atoms with E-state index in [4.69, 9.17) is 4.74 Å². The van der Waals surface area contributed by atoms with Gasteiger partial charge in [0.25, 0.3) is 5.91 Å². The number of benzene rings is 3. The third-order valence-electron chi connectivity index (χ3n) is 5.00. The van der Waals surface area contributed by atoms with Crippen molar-refractivity contribution >= 4 is 17.6 Å². The molecule has 5 nitrogen and oxygen atoms in total. The van der Waals surface area contributed by atoms with Gasteiger partial charge < -0.3 is 4.74 Å². The molecule has 1 aliphatic heterocycles. The lowest BCUT2D eigenvalue weighted by atomic mass is 10.00. The van der Waals surface area contributed by atoms with Crippen LogP contribution in [0, 0.1) is 0 Å². The highest BCUT2D eigenvalue weighted by Crippen LogP contribution is 2.17. The number of hydrazone groups is 1. The van der Waals surface area contributed by atoms with Gasteiger partial charge in [0.05, 0.1) is 17.8 Å². The number of hydrogen-bond acceptors (Lipinski definition) is 4. The van der Waals surface area contributed by atoms with Crippen LogP contribution in [-0.2, 0) is 16.0 Å². The summed E-state index contributed by atoms with van der Waals surface area (Å²) in [4.78, 5) is 25.1. The topological polar surface area (TPSA) is 59.0 Å². The van der Waals surface area contributed by atoms with E-state index >= 15 is 0 Å². The average molecular weight is 398 g/mol. The summed E-state index contributed by atoms with van der Waals surface area (Å²) in [6.07, 6.45) is 1.31. The number of carbonyl (C=O) groups is 2. The summed E-state index contributed by atoms with van der Waals surface area (Å²) < 4.78 is 5.32. The highest BCUT2D eigenvalue weighted by Gasteiger charge is 2.23. The van der Waals surface area contributed by atoms with Crippen molar-refractivity contribution in [1.29, 1.82) is 0 Å². The molecule has 0 fully saturated rings. The maximum atomic E-state index is 12.6. The summed E-state index contributed by atoms with van der Waals surface area (Å²) in [6.45, 7) is 0.162. The Morgan fingerprint density at radius 1 is 0.867 bits per heavy atom. The van der Waals surface area contributed by atoms with Crippen molar-refractivity contribution in [2.45, 2.75) is 12.8 Å². The van der Waals surface area contributed by atoms with Crippen LogP contribution >= 0.6 is 0 Å². The van der Waals surface area contributed by atoms with Crippen molar-refractivity contribution < 1.29 is 14.3 Å². The Kier molecular flexibility index (Phi) is 5.99. The molecule has 4 rings (SSSR count). The number of carbonyl (C=O) groups excluding carboxylic acids is 2. The molecule has 1 amide bonds. The molecular formula is C25H22N2O3. The Hall–Kier alpha value is -3.73. The first-order chi connectivity index (χ1) is 14.7. The van der Waals surface area contributed by atoms with E-state index in [1.165, 1.54) is 5.01 Å². The molecule has 30 heavy (non-hydrogen) atoms. The van der Waals surface area contributed by atoms with Crippen LogP contribution < -0.4 is 0 Å². The lowest BCUT2D eigenvalue weighted by Gasteiger charge is -2.13. The van der Waals surface area contributed by atoms with E-state index in [1.807, 2.05) is 72.8 Å². The molecule has 150 valence electrons. The standard InChI is InChI=1S/C25H22N2O3/c28-24(27-16-15-23(26-27)20-11-5-2-6-12-20)18-30-25(29)22-14-8-7-13-21(22)17-19-9-3-1-4-10-19/h1-14H,15-18H2. The predicted octanol–water partition coefficient (Wildman–Crippen LogP) is 4.07. The van der Waals surface area contributed by atoms with Gasteiger partial charge in [-0.2, -0.15) is 5.10 Å². The minimum atomic E-state index is -0.499. The van der Waals surface area contributed by atoms with Crippen LogP contribution in [0.1, 0.15) is 33.5 Å². The fourth-order valence-corrected chi connectivity index (χ4v) is 3.44. The van der Waals surface area contributed by atoms with Gasteiger partial charge in [-0.3, -0.25) is 4.79 Å². The summed E-state index contributed by atoms with van der Waals surface area (Å²) in [7, 11) is 0. The zero-order valence-corrected chi connectivity index (χ0v) is 16.5. The Bertz CT molecular complexity index is 1060. The monoisotopic (exact) mass is 398 g/mol. The van der Waals surface area contributed by atoms with E-state index < -0.39 is 5.97 Å². The smallest absolute Gasteiger partial charge is 0.338 e. The van der Waals surface area contributed by atoms with Crippen molar-refractivity contribution in [3.63, 3.8) is 0 Å². The van der Waals surface area contributed by atoms with Gasteiger partial charge in [0, 0.05) is 6.42 Å². The van der Waals surface area contributed by atoms with E-state index in [0.717, 1.165) is 22.4 Å². The van der Waals surface area contributed by atoms with Crippen molar-refractivity contribution in [1.82, 2.24) is 5.01 Å². The molecule has 1 heterocycles. The van der Waals surface area contributed by atoms with Gasteiger partial charge >= 0.3 is 5.97 Å². The fraction of sp³-hybridized carbons (Fsp3) is 0.160. The first-order valence-corrected chi connectivity index (χ1v) is 9.93. The number of nitrogens with zero attached hydrogens (tertiary/aromatic N) is 2. The Labute approximate surface area is 175 Å². The summed E-state index contributed by atoms with van der Waals surface area (Å²) in [6, 6.07) is 27.0. The molecule has 0 radical (unpaired) electrons. The van der Waals surface area contributed by atoms with Gasteiger partial charge in [-0.05, 0) is 29.2 Å². The maximum absolute atomic E-state index is 12.6. The molecule has 0 unspecified atom stereocenters. The van der Waals surface area contributed by atoms with Crippen LogP contribution in [0.4, 0.5) is 0 Å². The average Bonchev–Trinajstić information content (AvgIpc) is 3.29. The van der Waals surface area contributed by atoms with Crippen molar-refractivity contribution in [3.05, 3.63) is 107 Å². The van der Waals surface area contributed by atoms with Gasteiger partial charge in [0.1, 0.15) is 0 Å². The maximum Gasteiger partial charge on any atom is 0.338 e. The molecule has 3 aromatic rings. The van der Waals surface area contributed by atoms with E-state index in [-0.39, 0.29) is 12.5 Å². The molecule has 0 bridgehead atoms. The molecule has 0 aromatic heterocycles. The number of amides is 1. The number of ether oxygens (including phenoxy) is 1. The van der Waals surface area contributed by atoms with E-state index in [9.17, 15) is 9.59 Å². The highest BCUT2D eigenvalue weighted by atomic mass is 16.5. The number of esters is 1. The van der Waals surface area contributed by atoms with Gasteiger partial charge in [-0.1, -0.05) is 78.9 Å². The quantitative estimate of drug-likeness (QED) is 0.588. The third kappa shape index (κ3) is 4.63. The Balaban J connectivity index is 1.38. The van der Waals surface area contributed by atoms with Crippen LogP contribution in [0.25, 0.3) is 0 Å². The Morgan fingerprint density at radius 3 is 2.30 bits per heavy atom. The molecule has 5 heteroatoms. The van der Waals surface area contributed by atoms with Crippen LogP contribution in [0.2, 0.25) is 0 Å². The SMILES string of the molecule is O=C(OCC(=O)N1CCC(c2ccccc2)=N1)c1ccccc1Cc1ccccc1. The summed E-state index contributed by atoms with van der Waals surface area (Å²) >= 11 is 0.